The number of anilines is 1. The summed E-state index contributed by atoms with van der Waals surface area (Å²) in [5.41, 5.74) is 2.76. The van der Waals surface area contributed by atoms with Crippen molar-refractivity contribution >= 4 is 11.6 Å². The maximum absolute atomic E-state index is 12.8. The predicted octanol–water partition coefficient (Wildman–Crippen LogP) is 2.11. The van der Waals surface area contributed by atoms with Crippen molar-refractivity contribution in [3.8, 4) is 5.75 Å². The lowest BCUT2D eigenvalue weighted by molar-refractivity contribution is -0.117. The molecule has 1 atom stereocenters. The molecule has 0 bridgehead atoms. The molecule has 0 radical (unpaired) electrons. The number of carbonyl (C=O) groups excluding carboxylic acids is 1. The van der Waals surface area contributed by atoms with Gasteiger partial charge in [-0.1, -0.05) is 42.0 Å². The van der Waals surface area contributed by atoms with Crippen molar-refractivity contribution in [2.45, 2.75) is 19.3 Å². The van der Waals surface area contributed by atoms with Gasteiger partial charge in [0.05, 0.1) is 18.7 Å². The standard InChI is InChI=1S/C18H19N5O2/c1-12-7-9-13(10-8-12)11-14(17-20-22-23-21-17)18(24)19-15-5-3-4-6-16(15)25-2/h3-10,14H,11H2,1-2H3,(H2,19,20,21,22,23,24)/p-1/t14-/m0/s1. The molecular weight excluding hydrogens is 318 g/mol. The summed E-state index contributed by atoms with van der Waals surface area (Å²) in [7, 11) is 1.56. The molecule has 3 rings (SSSR count). The van der Waals surface area contributed by atoms with Gasteiger partial charge in [-0.15, -0.1) is 0 Å². The Kier molecular flexibility index (Phi) is 5.03. The molecule has 0 fully saturated rings. The van der Waals surface area contributed by atoms with Gasteiger partial charge in [0.15, 0.2) is 0 Å². The van der Waals surface area contributed by atoms with Crippen LogP contribution in [0.15, 0.2) is 48.5 Å². The topological polar surface area (TPSA) is 91.1 Å². The Morgan fingerprint density at radius 1 is 1.20 bits per heavy atom. The molecule has 25 heavy (non-hydrogen) atoms. The van der Waals surface area contributed by atoms with Crippen LogP contribution in [-0.2, 0) is 11.2 Å². The van der Waals surface area contributed by atoms with Gasteiger partial charge >= 0.3 is 0 Å². The highest BCUT2D eigenvalue weighted by molar-refractivity contribution is 5.96. The highest BCUT2D eigenvalue weighted by Crippen LogP contribution is 2.26. The summed E-state index contributed by atoms with van der Waals surface area (Å²) in [6, 6.07) is 15.2. The van der Waals surface area contributed by atoms with E-state index < -0.39 is 5.92 Å². The Morgan fingerprint density at radius 2 is 1.96 bits per heavy atom. The fraction of sp³-hybridized carbons (Fsp3) is 0.222. The van der Waals surface area contributed by atoms with Crippen LogP contribution in [0.4, 0.5) is 5.69 Å². The number of aromatic nitrogens is 4. The zero-order valence-electron chi connectivity index (χ0n) is 14.0. The van der Waals surface area contributed by atoms with E-state index in [1.54, 1.807) is 19.2 Å². The molecular formula is C18H18N5O2-. The van der Waals surface area contributed by atoms with E-state index >= 15 is 0 Å². The number of hydrogen-bond donors (Lipinski definition) is 1. The van der Waals surface area contributed by atoms with Gasteiger partial charge in [-0.05, 0) is 31.0 Å². The molecule has 1 amide bonds. The van der Waals surface area contributed by atoms with Crippen LogP contribution in [-0.4, -0.2) is 28.5 Å². The molecule has 0 saturated carbocycles. The maximum Gasteiger partial charge on any atom is 0.232 e. The van der Waals surface area contributed by atoms with Crippen LogP contribution in [0.5, 0.6) is 5.75 Å². The molecule has 0 aliphatic heterocycles. The smallest absolute Gasteiger partial charge is 0.232 e. The first-order valence-corrected chi connectivity index (χ1v) is 7.85. The van der Waals surface area contributed by atoms with Crippen LogP contribution >= 0.6 is 0 Å². The lowest BCUT2D eigenvalue weighted by Crippen LogP contribution is -2.24. The number of hydrogen-bond acceptors (Lipinski definition) is 5. The molecule has 0 aliphatic carbocycles. The van der Waals surface area contributed by atoms with E-state index in [4.69, 9.17) is 4.74 Å². The third-order valence-corrected chi connectivity index (χ3v) is 3.89. The fourth-order valence-corrected chi connectivity index (χ4v) is 2.52. The van der Waals surface area contributed by atoms with E-state index in [9.17, 15) is 4.79 Å². The summed E-state index contributed by atoms with van der Waals surface area (Å²) >= 11 is 0. The summed E-state index contributed by atoms with van der Waals surface area (Å²) in [5, 5.41) is 17.6. The first-order chi connectivity index (χ1) is 12.2. The number of aryl methyl sites for hydroxylation is 1. The minimum absolute atomic E-state index is 0.236. The molecule has 128 valence electrons. The van der Waals surface area contributed by atoms with Crippen LogP contribution in [0.25, 0.3) is 0 Å². The summed E-state index contributed by atoms with van der Waals surface area (Å²) < 4.78 is 5.28. The summed E-state index contributed by atoms with van der Waals surface area (Å²) in [5.74, 6) is 0.0556. The number of nitrogens with zero attached hydrogens (tertiary/aromatic N) is 4. The molecule has 1 aromatic heterocycles. The second kappa shape index (κ2) is 7.57. The zero-order chi connectivity index (χ0) is 17.6. The minimum Gasteiger partial charge on any atom is -0.495 e. The molecule has 1 N–H and O–H groups in total. The minimum atomic E-state index is -0.595. The second-order valence-corrected chi connectivity index (χ2v) is 5.67. The number of tetrazole rings is 1. The first-order valence-electron chi connectivity index (χ1n) is 7.85. The molecule has 0 spiro atoms. The van der Waals surface area contributed by atoms with Crippen molar-refractivity contribution in [3.63, 3.8) is 0 Å². The maximum atomic E-state index is 12.8. The molecule has 7 heteroatoms. The summed E-state index contributed by atoms with van der Waals surface area (Å²) in [6.07, 6.45) is 0.453. The number of amides is 1. The van der Waals surface area contributed by atoms with Crippen molar-refractivity contribution in [1.82, 2.24) is 20.6 Å². The van der Waals surface area contributed by atoms with Crippen molar-refractivity contribution in [2.24, 2.45) is 0 Å². The quantitative estimate of drug-likeness (QED) is 0.741. The largest absolute Gasteiger partial charge is 0.495 e. The average Bonchev–Trinajstić information content (AvgIpc) is 3.16. The van der Waals surface area contributed by atoms with Crippen LogP contribution < -0.4 is 15.2 Å². The Bertz CT molecular complexity index is 831. The number of methoxy groups -OCH3 is 1. The lowest BCUT2D eigenvalue weighted by Gasteiger charge is -2.18. The zero-order valence-corrected chi connectivity index (χ0v) is 14.0. The van der Waals surface area contributed by atoms with Gasteiger partial charge in [0.25, 0.3) is 0 Å². The van der Waals surface area contributed by atoms with Crippen molar-refractivity contribution < 1.29 is 9.53 Å². The number of para-hydroxylation sites is 2. The van der Waals surface area contributed by atoms with Crippen LogP contribution in [0.3, 0.4) is 0 Å². The summed E-state index contributed by atoms with van der Waals surface area (Å²) in [6.45, 7) is 2.02. The van der Waals surface area contributed by atoms with Gasteiger partial charge in [0.2, 0.25) is 5.91 Å². The number of benzene rings is 2. The Morgan fingerprint density at radius 3 is 2.64 bits per heavy atom. The second-order valence-electron chi connectivity index (χ2n) is 5.67. The average molecular weight is 336 g/mol. The molecule has 2 aromatic carbocycles. The molecule has 0 unspecified atom stereocenters. The molecule has 1 heterocycles. The van der Waals surface area contributed by atoms with E-state index in [0.717, 1.165) is 11.1 Å². The normalized spacial score (nSPS) is 11.8. The number of carbonyl (C=O) groups is 1. The molecule has 0 saturated heterocycles. The van der Waals surface area contributed by atoms with Gasteiger partial charge in [-0.2, -0.15) is 5.21 Å². The van der Waals surface area contributed by atoms with Crippen LogP contribution in [0.1, 0.15) is 22.9 Å². The predicted molar refractivity (Wildman–Crippen MR) is 92.4 cm³/mol. The molecule has 3 aromatic rings. The third kappa shape index (κ3) is 4.00. The Hall–Kier alpha value is -3.22. The van der Waals surface area contributed by atoms with Gasteiger partial charge < -0.3 is 15.2 Å². The Labute approximate surface area is 145 Å². The SMILES string of the molecule is COc1ccccc1NC(=O)[C@@H](Cc1ccc(C)cc1)c1nnn[n-]1. The van der Waals surface area contributed by atoms with Crippen LogP contribution in [0, 0.1) is 6.92 Å². The highest BCUT2D eigenvalue weighted by atomic mass is 16.5. The van der Waals surface area contributed by atoms with Crippen molar-refractivity contribution in [2.75, 3.05) is 12.4 Å². The van der Waals surface area contributed by atoms with Gasteiger partial charge in [-0.3, -0.25) is 15.1 Å². The number of ether oxygens (including phenoxy) is 1. The molecule has 7 nitrogen and oxygen atoms in total. The first kappa shape index (κ1) is 16.6. The van der Waals surface area contributed by atoms with E-state index in [1.807, 2.05) is 43.3 Å². The fourth-order valence-electron chi connectivity index (χ4n) is 2.52. The highest BCUT2D eigenvalue weighted by Gasteiger charge is 2.22. The molecule has 0 aliphatic rings. The lowest BCUT2D eigenvalue weighted by atomic mass is 9.97. The van der Waals surface area contributed by atoms with Gasteiger partial charge in [0, 0.05) is 5.82 Å². The van der Waals surface area contributed by atoms with Crippen molar-refractivity contribution in [1.29, 1.82) is 0 Å². The summed E-state index contributed by atoms with van der Waals surface area (Å²) in [4.78, 5) is 12.8. The number of rotatable bonds is 6. The van der Waals surface area contributed by atoms with Crippen molar-refractivity contribution in [3.05, 3.63) is 65.5 Å². The van der Waals surface area contributed by atoms with E-state index in [2.05, 4.69) is 25.9 Å². The van der Waals surface area contributed by atoms with E-state index in [-0.39, 0.29) is 5.91 Å². The monoisotopic (exact) mass is 336 g/mol. The Balaban J connectivity index is 1.84. The van der Waals surface area contributed by atoms with E-state index in [0.29, 0.717) is 23.7 Å². The van der Waals surface area contributed by atoms with E-state index in [1.165, 1.54) is 0 Å². The third-order valence-electron chi connectivity index (χ3n) is 3.89. The van der Waals surface area contributed by atoms with Gasteiger partial charge in [0.1, 0.15) is 5.75 Å². The van der Waals surface area contributed by atoms with Crippen LogP contribution in [0.2, 0.25) is 0 Å². The van der Waals surface area contributed by atoms with Gasteiger partial charge in [-0.25, -0.2) is 0 Å². The number of nitrogens with one attached hydrogen (secondary N) is 1.